The monoisotopic (exact) mass is 1010 g/mol. The van der Waals surface area contributed by atoms with E-state index in [0.717, 1.165) is 59.2 Å². The highest BCUT2D eigenvalue weighted by Crippen LogP contribution is 2.55. The Morgan fingerprint density at radius 3 is 1.55 bits per heavy atom. The number of fused-ring (bicyclic) bond motifs is 8. The molecular weight excluding hydrogens is 934 g/mol. The molecule has 2 aliphatic heterocycles. The molecule has 0 amide bonds. The molecule has 13 rings (SSSR count). The van der Waals surface area contributed by atoms with Gasteiger partial charge in [0.1, 0.15) is 5.58 Å². The predicted octanol–water partition coefficient (Wildman–Crippen LogP) is 18.4. The summed E-state index contributed by atoms with van der Waals surface area (Å²) in [6.07, 6.45) is 10.6. The molecule has 0 bridgehead atoms. The van der Waals surface area contributed by atoms with Gasteiger partial charge in [-0.1, -0.05) is 164 Å². The molecule has 5 heteroatoms. The van der Waals surface area contributed by atoms with Crippen LogP contribution >= 0.6 is 0 Å². The summed E-state index contributed by atoms with van der Waals surface area (Å²) in [6.45, 7) is 31.5. The van der Waals surface area contributed by atoms with E-state index >= 15 is 0 Å². The largest absolute Gasteiger partial charge is 0.440 e. The van der Waals surface area contributed by atoms with Gasteiger partial charge in [-0.2, -0.15) is 0 Å². The van der Waals surface area contributed by atoms with Gasteiger partial charge >= 0.3 is 0 Å². The molecule has 0 N–H and O–H groups in total. The SMILES string of the molecule is CCc1cc2oc3c(c2cc1C1(C)CCCC1)B1c2cc(C(C)(C)C)ccc2N(c2ccc4c(c2)C(C)(C)CCC4(C)C)c2cc(N(c4ccccc4)c4ccccc4)cc(c21)N3c1ccc2c(c1)C(C)(C)CCC2(C)C. The van der Waals surface area contributed by atoms with E-state index in [9.17, 15) is 0 Å². The van der Waals surface area contributed by atoms with Crippen LogP contribution < -0.4 is 31.1 Å². The van der Waals surface area contributed by atoms with E-state index in [1.54, 1.807) is 0 Å². The summed E-state index contributed by atoms with van der Waals surface area (Å²) in [7, 11) is 0. The van der Waals surface area contributed by atoms with Crippen LogP contribution in [0.2, 0.25) is 0 Å². The maximum atomic E-state index is 7.74. The van der Waals surface area contributed by atoms with Crippen molar-refractivity contribution in [2.24, 2.45) is 0 Å². The van der Waals surface area contributed by atoms with E-state index < -0.39 is 0 Å². The summed E-state index contributed by atoms with van der Waals surface area (Å²) < 4.78 is 7.74. The van der Waals surface area contributed by atoms with Gasteiger partial charge in [0.05, 0.1) is 5.69 Å². The summed E-state index contributed by atoms with van der Waals surface area (Å²) >= 11 is 0. The Hall–Kier alpha value is -6.46. The fourth-order valence-corrected chi connectivity index (χ4v) is 15.0. The van der Waals surface area contributed by atoms with Gasteiger partial charge in [0, 0.05) is 50.7 Å². The highest BCUT2D eigenvalue weighted by molar-refractivity contribution is 7.01. The Morgan fingerprint density at radius 2 is 1.01 bits per heavy atom. The van der Waals surface area contributed by atoms with Crippen LogP contribution in [0.25, 0.3) is 11.0 Å². The van der Waals surface area contributed by atoms with E-state index in [2.05, 4.69) is 244 Å². The normalized spacial score (nSPS) is 19.1. The number of furan rings is 1. The van der Waals surface area contributed by atoms with Crippen molar-refractivity contribution in [3.63, 3.8) is 0 Å². The van der Waals surface area contributed by atoms with Crippen molar-refractivity contribution in [3.8, 4) is 0 Å². The number of para-hydroxylation sites is 2. The fraction of sp³-hybridized carbons (Fsp3) is 0.389. The van der Waals surface area contributed by atoms with Crippen LogP contribution in [-0.2, 0) is 38.9 Å². The highest BCUT2D eigenvalue weighted by atomic mass is 16.4. The molecular formula is C72H80BN3O. The molecule has 0 atom stereocenters. The zero-order chi connectivity index (χ0) is 53.8. The van der Waals surface area contributed by atoms with Crippen molar-refractivity contribution in [3.05, 3.63) is 178 Å². The molecule has 77 heavy (non-hydrogen) atoms. The van der Waals surface area contributed by atoms with Gasteiger partial charge in [0.2, 0.25) is 5.88 Å². The Balaban J connectivity index is 1.19. The van der Waals surface area contributed by atoms with Crippen molar-refractivity contribution >= 4 is 85.5 Å². The molecule has 0 spiro atoms. The fourth-order valence-electron chi connectivity index (χ4n) is 15.0. The number of benzene rings is 7. The Bertz CT molecular complexity index is 3620. The van der Waals surface area contributed by atoms with Crippen molar-refractivity contribution in [2.45, 2.75) is 180 Å². The summed E-state index contributed by atoms with van der Waals surface area (Å²) in [5.41, 5.74) is 24.6. The second-order valence-corrected chi connectivity index (χ2v) is 28.0. The van der Waals surface area contributed by atoms with Crippen molar-refractivity contribution in [2.75, 3.05) is 14.7 Å². The maximum absolute atomic E-state index is 7.74. The summed E-state index contributed by atoms with van der Waals surface area (Å²) in [6, 6.07) is 54.5. The van der Waals surface area contributed by atoms with Gasteiger partial charge in [0.25, 0.3) is 6.71 Å². The van der Waals surface area contributed by atoms with Gasteiger partial charge < -0.3 is 14.2 Å². The number of nitrogens with zero attached hydrogens (tertiary/aromatic N) is 3. The highest BCUT2D eigenvalue weighted by Gasteiger charge is 2.49. The van der Waals surface area contributed by atoms with Gasteiger partial charge in [-0.15, -0.1) is 0 Å². The zero-order valence-corrected chi connectivity index (χ0v) is 48.5. The van der Waals surface area contributed by atoms with Gasteiger partial charge in [0.15, 0.2) is 0 Å². The quantitative estimate of drug-likeness (QED) is 0.148. The second-order valence-electron chi connectivity index (χ2n) is 28.0. The minimum Gasteiger partial charge on any atom is -0.440 e. The first-order valence-electron chi connectivity index (χ1n) is 29.3. The number of anilines is 9. The van der Waals surface area contributed by atoms with Gasteiger partial charge in [-0.05, 0) is 206 Å². The molecule has 392 valence electrons. The molecule has 3 aliphatic carbocycles. The van der Waals surface area contributed by atoms with Crippen LogP contribution in [0.1, 0.15) is 180 Å². The first-order valence-corrected chi connectivity index (χ1v) is 29.3. The number of rotatable bonds is 7. The van der Waals surface area contributed by atoms with Crippen LogP contribution in [0.15, 0.2) is 144 Å². The van der Waals surface area contributed by atoms with E-state index in [-0.39, 0.29) is 39.2 Å². The third kappa shape index (κ3) is 7.81. The minimum absolute atomic E-state index is 0.00410. The average Bonchev–Trinajstić information content (AvgIpc) is 4.23. The van der Waals surface area contributed by atoms with E-state index in [1.165, 1.54) is 116 Å². The van der Waals surface area contributed by atoms with Crippen LogP contribution in [0, 0.1) is 0 Å². The zero-order valence-electron chi connectivity index (χ0n) is 48.5. The number of hydrogen-bond acceptors (Lipinski definition) is 4. The molecule has 8 aromatic rings. The molecule has 0 saturated heterocycles. The lowest BCUT2D eigenvalue weighted by atomic mass is 9.33. The molecule has 4 nitrogen and oxygen atoms in total. The summed E-state index contributed by atoms with van der Waals surface area (Å²) in [5.74, 6) is 0.938. The molecule has 7 aromatic carbocycles. The van der Waals surface area contributed by atoms with Crippen LogP contribution in [0.5, 0.6) is 0 Å². The third-order valence-electron chi connectivity index (χ3n) is 20.0. The lowest BCUT2D eigenvalue weighted by molar-refractivity contribution is 0.332. The van der Waals surface area contributed by atoms with E-state index in [0.29, 0.717) is 0 Å². The standard InChI is InChI=1S/C72H80BN3O/c1-14-46-39-63-53(45-56(46)72(13)33-21-22-34-72)64-66(77-63)76(51-29-31-55-58(42-51)71(11,12)38-36-69(55,7)8)62-44-52(74(48-23-17-15-18-24-48)49-25-19-16-20-26-49)43-61-65(62)73(64)59-40-47(67(2,3)4)27-32-60(59)75(61)50-28-30-54-57(41-50)70(9,10)37-35-68(54,5)6/h15-20,23-32,39-45H,14,21-22,33-38H2,1-13H3. The molecule has 5 aliphatic rings. The Labute approximate surface area is 461 Å². The first kappa shape index (κ1) is 50.1. The lowest BCUT2D eigenvalue weighted by Gasteiger charge is -2.46. The topological polar surface area (TPSA) is 22.9 Å². The van der Waals surface area contributed by atoms with Crippen LogP contribution in [-0.4, -0.2) is 6.71 Å². The summed E-state index contributed by atoms with van der Waals surface area (Å²) in [4.78, 5) is 7.70. The summed E-state index contributed by atoms with van der Waals surface area (Å²) in [5, 5.41) is 1.25. The molecule has 1 fully saturated rings. The third-order valence-corrected chi connectivity index (χ3v) is 20.0. The number of aryl methyl sites for hydroxylation is 1. The van der Waals surface area contributed by atoms with E-state index in [4.69, 9.17) is 4.42 Å². The van der Waals surface area contributed by atoms with Crippen LogP contribution in [0.3, 0.4) is 0 Å². The van der Waals surface area contributed by atoms with E-state index in [1.807, 2.05) is 0 Å². The lowest BCUT2D eigenvalue weighted by Crippen LogP contribution is -2.61. The second kappa shape index (κ2) is 17.3. The smallest absolute Gasteiger partial charge is 0.257 e. The van der Waals surface area contributed by atoms with Crippen molar-refractivity contribution in [1.82, 2.24) is 0 Å². The van der Waals surface area contributed by atoms with Crippen molar-refractivity contribution in [1.29, 1.82) is 0 Å². The van der Waals surface area contributed by atoms with Crippen LogP contribution in [0.4, 0.5) is 51.4 Å². The van der Waals surface area contributed by atoms with Crippen molar-refractivity contribution < 1.29 is 4.42 Å². The Morgan fingerprint density at radius 1 is 0.494 bits per heavy atom. The maximum Gasteiger partial charge on any atom is 0.257 e. The predicted molar refractivity (Wildman–Crippen MR) is 329 cm³/mol. The molecule has 1 saturated carbocycles. The van der Waals surface area contributed by atoms with Gasteiger partial charge in [-0.3, -0.25) is 4.90 Å². The minimum atomic E-state index is -0.116. The molecule has 0 unspecified atom stereocenters. The first-order chi connectivity index (χ1) is 36.6. The molecule has 1 aromatic heterocycles. The molecule has 0 radical (unpaired) electrons. The van der Waals surface area contributed by atoms with Gasteiger partial charge in [-0.25, -0.2) is 0 Å². The number of hydrogen-bond donors (Lipinski definition) is 0. The molecule has 3 heterocycles. The Kier molecular flexibility index (Phi) is 11.2. The average molecular weight is 1010 g/mol.